The molecule has 1 aliphatic heterocycles. The molecule has 0 aliphatic carbocycles. The number of rotatable bonds is 9. The Morgan fingerprint density at radius 2 is 1.73 bits per heavy atom. The van der Waals surface area contributed by atoms with Crippen LogP contribution in [-0.2, 0) is 26.0 Å². The number of hydrogen-bond acceptors (Lipinski definition) is 6. The van der Waals surface area contributed by atoms with Gasteiger partial charge in [-0.25, -0.2) is 13.6 Å². The number of primary sulfonamides is 1. The van der Waals surface area contributed by atoms with E-state index in [1.54, 1.807) is 47.4 Å². The number of aromatic nitrogens is 1. The van der Waals surface area contributed by atoms with E-state index in [0.29, 0.717) is 29.9 Å². The molecule has 41 heavy (non-hydrogen) atoms. The lowest BCUT2D eigenvalue weighted by Gasteiger charge is -2.24. The van der Waals surface area contributed by atoms with Crippen LogP contribution >= 0.6 is 12.2 Å². The number of amides is 2. The minimum absolute atomic E-state index is 0.000359. The molecule has 3 aromatic carbocycles. The highest BCUT2D eigenvalue weighted by Gasteiger charge is 2.44. The van der Waals surface area contributed by atoms with Crippen molar-refractivity contribution in [2.24, 2.45) is 5.14 Å². The molecule has 210 valence electrons. The number of sulfonamides is 1. The fraction of sp³-hybridized carbons (Fsp3) is 0.172. The Morgan fingerprint density at radius 1 is 1.02 bits per heavy atom. The van der Waals surface area contributed by atoms with Crippen LogP contribution in [0.2, 0.25) is 0 Å². The lowest BCUT2D eigenvalue weighted by Crippen LogP contribution is -2.39. The molecule has 2 amide bonds. The van der Waals surface area contributed by atoms with Gasteiger partial charge in [0.2, 0.25) is 15.9 Å². The van der Waals surface area contributed by atoms with Crippen molar-refractivity contribution < 1.29 is 22.8 Å². The number of benzene rings is 3. The number of nitrogens with zero attached hydrogens (tertiary/aromatic N) is 2. The molecule has 1 saturated heterocycles. The second-order valence-corrected chi connectivity index (χ2v) is 11.7. The number of ketones is 1. The van der Waals surface area contributed by atoms with Crippen molar-refractivity contribution in [2.45, 2.75) is 30.7 Å². The third kappa shape index (κ3) is 6.04. The summed E-state index contributed by atoms with van der Waals surface area (Å²) in [7, 11) is -3.82. The number of fused-ring (bicyclic) bond motifs is 1. The largest absolute Gasteiger partial charge is 0.361 e. The smallest absolute Gasteiger partial charge is 0.256 e. The molecule has 2 heterocycles. The third-order valence-electron chi connectivity index (χ3n) is 6.96. The van der Waals surface area contributed by atoms with E-state index < -0.39 is 16.1 Å². The van der Waals surface area contributed by atoms with Gasteiger partial charge in [-0.05, 0) is 91.1 Å². The van der Waals surface area contributed by atoms with Gasteiger partial charge >= 0.3 is 0 Å². The van der Waals surface area contributed by atoms with E-state index in [9.17, 15) is 22.8 Å². The van der Waals surface area contributed by atoms with Crippen molar-refractivity contribution in [3.63, 3.8) is 0 Å². The molecule has 1 fully saturated rings. The number of carbonyl (C=O) groups excluding carboxylic acids is 3. The summed E-state index contributed by atoms with van der Waals surface area (Å²) in [5, 5.41) is 9.31. The molecule has 1 aromatic heterocycles. The number of H-pyrrole nitrogens is 1. The molecule has 10 nitrogen and oxygen atoms in total. The Hall–Kier alpha value is -4.39. The maximum absolute atomic E-state index is 13.7. The van der Waals surface area contributed by atoms with Gasteiger partial charge in [0, 0.05) is 29.5 Å². The van der Waals surface area contributed by atoms with Gasteiger partial charge in [0.15, 0.2) is 10.9 Å². The molecule has 1 atom stereocenters. The molecule has 0 spiro atoms. The minimum atomic E-state index is -3.82. The van der Waals surface area contributed by atoms with Gasteiger partial charge in [0.1, 0.15) is 6.04 Å². The van der Waals surface area contributed by atoms with Crippen molar-refractivity contribution in [1.29, 1.82) is 0 Å². The number of aromatic amines is 1. The Kier molecular flexibility index (Phi) is 7.72. The van der Waals surface area contributed by atoms with Crippen LogP contribution in [0.5, 0.6) is 0 Å². The van der Waals surface area contributed by atoms with Gasteiger partial charge in [-0.2, -0.15) is 0 Å². The van der Waals surface area contributed by atoms with Crippen LogP contribution in [0.15, 0.2) is 83.9 Å². The average Bonchev–Trinajstić information content (AvgIpc) is 3.49. The number of anilines is 2. The summed E-state index contributed by atoms with van der Waals surface area (Å²) in [6.45, 7) is 1.76. The van der Waals surface area contributed by atoms with Gasteiger partial charge < -0.3 is 15.2 Å². The quantitative estimate of drug-likeness (QED) is 0.200. The molecule has 12 heteroatoms. The monoisotopic (exact) mass is 589 g/mol. The van der Waals surface area contributed by atoms with Crippen LogP contribution in [0.25, 0.3) is 10.9 Å². The van der Waals surface area contributed by atoms with E-state index in [-0.39, 0.29) is 34.0 Å². The number of hydrogen-bond donors (Lipinski definition) is 3. The number of nitrogens with two attached hydrogens (primary N) is 1. The highest BCUT2D eigenvalue weighted by atomic mass is 32.2. The van der Waals surface area contributed by atoms with Crippen molar-refractivity contribution in [2.75, 3.05) is 16.8 Å². The first-order valence-corrected chi connectivity index (χ1v) is 14.7. The normalized spacial score (nSPS) is 15.5. The zero-order chi connectivity index (χ0) is 29.3. The standard InChI is InChI=1S/C29H27N5O5S2/c1-18(35)20-5-8-23(9-6-20)34-28(37)26(17-27(36)32-22-7-4-21-12-14-31-25(21)16-22)33(29(34)40)15-13-19-2-10-24(11-3-19)41(30,38)39/h2-12,14,16,26,31H,13,15,17H2,1H3,(H,32,36)(H2,30,38,39). The first-order chi connectivity index (χ1) is 19.5. The summed E-state index contributed by atoms with van der Waals surface area (Å²) in [6, 6.07) is 19.3. The van der Waals surface area contributed by atoms with E-state index in [0.717, 1.165) is 16.5 Å². The fourth-order valence-electron chi connectivity index (χ4n) is 4.78. The van der Waals surface area contributed by atoms with E-state index >= 15 is 0 Å². The Labute approximate surface area is 242 Å². The highest BCUT2D eigenvalue weighted by Crippen LogP contribution is 2.28. The van der Waals surface area contributed by atoms with Crippen LogP contribution in [-0.4, -0.2) is 53.6 Å². The van der Waals surface area contributed by atoms with Crippen LogP contribution in [0.4, 0.5) is 11.4 Å². The Balaban J connectivity index is 1.37. The predicted octanol–water partition coefficient (Wildman–Crippen LogP) is 3.59. The van der Waals surface area contributed by atoms with Gasteiger partial charge in [0.25, 0.3) is 5.91 Å². The van der Waals surface area contributed by atoms with Gasteiger partial charge in [-0.1, -0.05) is 18.2 Å². The first-order valence-electron chi connectivity index (χ1n) is 12.8. The molecule has 4 aromatic rings. The lowest BCUT2D eigenvalue weighted by molar-refractivity contribution is -0.124. The summed E-state index contributed by atoms with van der Waals surface area (Å²) in [5.74, 6) is -0.813. The number of nitrogens with one attached hydrogen (secondary N) is 2. The maximum atomic E-state index is 13.7. The van der Waals surface area contributed by atoms with Crippen molar-refractivity contribution in [3.8, 4) is 0 Å². The molecule has 0 radical (unpaired) electrons. The van der Waals surface area contributed by atoms with Crippen LogP contribution in [0.3, 0.4) is 0 Å². The molecule has 1 aliphatic rings. The molecular formula is C29H27N5O5S2. The van der Waals surface area contributed by atoms with E-state index in [1.165, 1.54) is 24.0 Å². The summed E-state index contributed by atoms with van der Waals surface area (Å²) in [6.07, 6.45) is 2.09. The van der Waals surface area contributed by atoms with Crippen molar-refractivity contribution in [3.05, 3.63) is 90.1 Å². The van der Waals surface area contributed by atoms with Crippen LogP contribution < -0.4 is 15.4 Å². The topological polar surface area (TPSA) is 146 Å². The van der Waals surface area contributed by atoms with Gasteiger partial charge in [-0.3, -0.25) is 19.3 Å². The highest BCUT2D eigenvalue weighted by molar-refractivity contribution is 7.89. The second-order valence-electron chi connectivity index (χ2n) is 9.74. The summed E-state index contributed by atoms with van der Waals surface area (Å²) >= 11 is 5.73. The molecule has 4 N–H and O–H groups in total. The molecule has 1 unspecified atom stereocenters. The van der Waals surface area contributed by atoms with Gasteiger partial charge in [-0.15, -0.1) is 0 Å². The first kappa shape index (κ1) is 28.1. The SMILES string of the molecule is CC(=O)c1ccc(N2C(=O)C(CC(=O)Nc3ccc4cc[nH]c4c3)N(CCc3ccc(S(N)(=O)=O)cc3)C2=S)cc1. The van der Waals surface area contributed by atoms with Crippen LogP contribution in [0, 0.1) is 0 Å². The van der Waals surface area contributed by atoms with E-state index in [1.807, 2.05) is 24.4 Å². The summed E-state index contributed by atoms with van der Waals surface area (Å²) in [5.41, 5.74) is 3.26. The number of carbonyl (C=O) groups is 3. The van der Waals surface area contributed by atoms with E-state index in [2.05, 4.69) is 10.3 Å². The number of thiocarbonyl (C=S) groups is 1. The molecule has 0 saturated carbocycles. The third-order valence-corrected chi connectivity index (χ3v) is 8.31. The summed E-state index contributed by atoms with van der Waals surface area (Å²) in [4.78, 5) is 44.8. The van der Waals surface area contributed by atoms with Gasteiger partial charge in [0.05, 0.1) is 17.0 Å². The second kappa shape index (κ2) is 11.2. The van der Waals surface area contributed by atoms with Crippen LogP contribution in [0.1, 0.15) is 29.3 Å². The van der Waals surface area contributed by atoms with Crippen molar-refractivity contribution >= 4 is 67.2 Å². The molecular weight excluding hydrogens is 562 g/mol. The van der Waals surface area contributed by atoms with E-state index in [4.69, 9.17) is 17.4 Å². The fourth-order valence-corrected chi connectivity index (χ4v) is 5.71. The zero-order valence-corrected chi connectivity index (χ0v) is 23.7. The molecule has 0 bridgehead atoms. The number of Topliss-reactive ketones (excluding diaryl/α,β-unsaturated/α-hetero) is 1. The average molecular weight is 590 g/mol. The maximum Gasteiger partial charge on any atom is 0.256 e. The summed E-state index contributed by atoms with van der Waals surface area (Å²) < 4.78 is 23.2. The lowest BCUT2D eigenvalue weighted by atomic mass is 10.1. The zero-order valence-electron chi connectivity index (χ0n) is 22.0. The Bertz CT molecular complexity index is 1770. The Morgan fingerprint density at radius 3 is 2.39 bits per heavy atom. The minimum Gasteiger partial charge on any atom is -0.361 e. The molecule has 5 rings (SSSR count). The van der Waals surface area contributed by atoms with Crippen molar-refractivity contribution in [1.82, 2.24) is 9.88 Å². The predicted molar refractivity (Wildman–Crippen MR) is 160 cm³/mol.